The number of benzene rings is 2. The summed E-state index contributed by atoms with van der Waals surface area (Å²) in [5.74, 6) is 0. The maximum atomic E-state index is 13.4. The second-order valence-corrected chi connectivity index (χ2v) is 6.97. The Balaban J connectivity index is 0.00000192. The minimum Gasteiger partial charge on any atom is -0.348 e. The topological polar surface area (TPSA) is 53.9 Å². The van der Waals surface area contributed by atoms with Crippen molar-refractivity contribution < 1.29 is 4.79 Å². The zero-order chi connectivity index (χ0) is 18.4. The van der Waals surface area contributed by atoms with Gasteiger partial charge in [0.15, 0.2) is 0 Å². The van der Waals surface area contributed by atoms with E-state index < -0.39 is 0 Å². The Hall–Kier alpha value is -3.05. The summed E-state index contributed by atoms with van der Waals surface area (Å²) in [6, 6.07) is 18.6. The minimum absolute atomic E-state index is 0. The quantitative estimate of drug-likeness (QED) is 0.545. The van der Waals surface area contributed by atoms with Crippen molar-refractivity contribution in [2.75, 3.05) is 6.54 Å². The molecule has 1 aliphatic rings. The van der Waals surface area contributed by atoms with Crippen molar-refractivity contribution in [1.29, 1.82) is 0 Å². The number of hydrogen-bond acceptors (Lipinski definition) is 2. The average Bonchev–Trinajstić information content (AvgIpc) is 3.26. The molecule has 1 aliphatic heterocycles. The molecule has 5 nitrogen and oxygen atoms in total. The number of aromatic nitrogens is 3. The molecule has 0 saturated carbocycles. The molecule has 1 N–H and O–H groups in total. The van der Waals surface area contributed by atoms with Crippen LogP contribution in [0.25, 0.3) is 22.0 Å². The molecule has 0 unspecified atom stereocenters. The highest BCUT2D eigenvalue weighted by atomic mass is 35.5. The molecule has 0 spiro atoms. The lowest BCUT2D eigenvalue weighted by molar-refractivity contribution is 0.190. The Labute approximate surface area is 169 Å². The fourth-order valence-corrected chi connectivity index (χ4v) is 4.03. The molecule has 4 aromatic rings. The van der Waals surface area contributed by atoms with Crippen LogP contribution in [0.4, 0.5) is 4.79 Å². The number of aromatic amines is 1. The smallest absolute Gasteiger partial charge is 0.329 e. The molecule has 28 heavy (non-hydrogen) atoms. The van der Waals surface area contributed by atoms with Gasteiger partial charge in [0, 0.05) is 35.3 Å². The third kappa shape index (κ3) is 2.79. The van der Waals surface area contributed by atoms with Crippen molar-refractivity contribution in [2.45, 2.75) is 19.9 Å². The number of nitrogens with zero attached hydrogens (tertiary/aromatic N) is 3. The van der Waals surface area contributed by atoms with Gasteiger partial charge in [-0.05, 0) is 18.6 Å². The standard InChI is InChI=1S/C22H20N4O.ClH/c1-15-18(24-14-23-15)13-25-12-11-20-21(16-7-3-2-4-8-16)17-9-5-6-10-19(17)26(20)22(25)27;/h2-10,14H,11-13H2,1H3,(H,23,24);1H. The number of halogens is 1. The van der Waals surface area contributed by atoms with Crippen molar-refractivity contribution in [1.82, 2.24) is 19.4 Å². The summed E-state index contributed by atoms with van der Waals surface area (Å²) in [5, 5.41) is 1.13. The van der Waals surface area contributed by atoms with Crippen LogP contribution in [0.2, 0.25) is 0 Å². The van der Waals surface area contributed by atoms with E-state index in [0.717, 1.165) is 40.0 Å². The number of rotatable bonds is 3. The molecule has 2 aromatic heterocycles. The van der Waals surface area contributed by atoms with Gasteiger partial charge in [0.2, 0.25) is 0 Å². The van der Waals surface area contributed by atoms with Gasteiger partial charge in [-0.2, -0.15) is 0 Å². The third-order valence-corrected chi connectivity index (χ3v) is 5.39. The molecule has 5 rings (SSSR count). The molecule has 0 atom stereocenters. The first-order chi connectivity index (χ1) is 13.2. The number of nitrogens with one attached hydrogen (secondary N) is 1. The van der Waals surface area contributed by atoms with Crippen LogP contribution in [0.1, 0.15) is 17.1 Å². The van der Waals surface area contributed by atoms with E-state index in [-0.39, 0.29) is 18.4 Å². The van der Waals surface area contributed by atoms with Crippen LogP contribution in [0.5, 0.6) is 0 Å². The maximum absolute atomic E-state index is 13.4. The molecule has 0 bridgehead atoms. The van der Waals surface area contributed by atoms with Crippen LogP contribution in [0.3, 0.4) is 0 Å². The van der Waals surface area contributed by atoms with Gasteiger partial charge in [0.1, 0.15) is 0 Å². The van der Waals surface area contributed by atoms with Crippen molar-refractivity contribution in [3.63, 3.8) is 0 Å². The molecule has 0 radical (unpaired) electrons. The molecular formula is C22H21ClN4O. The Morgan fingerprint density at radius 1 is 1.07 bits per heavy atom. The van der Waals surface area contributed by atoms with Gasteiger partial charge in [0.05, 0.1) is 24.1 Å². The fourth-order valence-electron chi connectivity index (χ4n) is 4.03. The summed E-state index contributed by atoms with van der Waals surface area (Å²) >= 11 is 0. The summed E-state index contributed by atoms with van der Waals surface area (Å²) < 4.78 is 1.89. The van der Waals surface area contributed by atoms with E-state index in [4.69, 9.17) is 0 Å². The predicted octanol–water partition coefficient (Wildman–Crippen LogP) is 4.79. The number of hydrogen-bond donors (Lipinski definition) is 1. The largest absolute Gasteiger partial charge is 0.348 e. The van der Waals surface area contributed by atoms with Crippen molar-refractivity contribution >= 4 is 29.3 Å². The lowest BCUT2D eigenvalue weighted by Gasteiger charge is -2.29. The Morgan fingerprint density at radius 3 is 2.57 bits per heavy atom. The second kappa shape index (κ2) is 7.17. The average molecular weight is 393 g/mol. The van der Waals surface area contributed by atoms with E-state index in [1.807, 2.05) is 52.8 Å². The van der Waals surface area contributed by atoms with Gasteiger partial charge < -0.3 is 9.88 Å². The van der Waals surface area contributed by atoms with Gasteiger partial charge in [0.25, 0.3) is 0 Å². The fraction of sp³-hybridized carbons (Fsp3) is 0.182. The van der Waals surface area contributed by atoms with Crippen LogP contribution in [-0.2, 0) is 13.0 Å². The molecule has 0 fully saturated rings. The van der Waals surface area contributed by atoms with Gasteiger partial charge >= 0.3 is 6.03 Å². The number of aryl methyl sites for hydroxylation is 1. The highest BCUT2D eigenvalue weighted by Crippen LogP contribution is 2.37. The van der Waals surface area contributed by atoms with Crippen LogP contribution in [-0.4, -0.2) is 32.0 Å². The first kappa shape index (κ1) is 18.3. The summed E-state index contributed by atoms with van der Waals surface area (Å²) in [7, 11) is 0. The molecule has 142 valence electrons. The number of para-hydroxylation sites is 1. The molecule has 0 aliphatic carbocycles. The zero-order valence-electron chi connectivity index (χ0n) is 15.6. The highest BCUT2D eigenvalue weighted by molar-refractivity contribution is 6.04. The Kier molecular flexibility index (Phi) is 4.69. The van der Waals surface area contributed by atoms with Crippen LogP contribution in [0.15, 0.2) is 60.9 Å². The van der Waals surface area contributed by atoms with E-state index in [2.05, 4.69) is 28.2 Å². The van der Waals surface area contributed by atoms with Gasteiger partial charge in [-0.25, -0.2) is 9.78 Å². The number of fused-ring (bicyclic) bond motifs is 3. The van der Waals surface area contributed by atoms with Gasteiger partial charge in [-0.1, -0.05) is 48.5 Å². The van der Waals surface area contributed by atoms with Gasteiger partial charge in [-0.3, -0.25) is 4.57 Å². The summed E-state index contributed by atoms with van der Waals surface area (Å²) in [6.45, 7) is 3.21. The minimum atomic E-state index is 0. The van der Waals surface area contributed by atoms with E-state index >= 15 is 0 Å². The summed E-state index contributed by atoms with van der Waals surface area (Å²) in [4.78, 5) is 22.7. The van der Waals surface area contributed by atoms with E-state index in [9.17, 15) is 4.79 Å². The summed E-state index contributed by atoms with van der Waals surface area (Å²) in [5.41, 5.74) is 6.34. The van der Waals surface area contributed by atoms with Crippen molar-refractivity contribution in [3.8, 4) is 11.1 Å². The molecule has 6 heteroatoms. The lowest BCUT2D eigenvalue weighted by atomic mass is 10.0. The van der Waals surface area contributed by atoms with E-state index in [0.29, 0.717) is 13.1 Å². The second-order valence-electron chi connectivity index (χ2n) is 6.97. The first-order valence-corrected chi connectivity index (χ1v) is 9.20. The van der Waals surface area contributed by atoms with E-state index in [1.54, 1.807) is 6.33 Å². The normalized spacial score (nSPS) is 13.5. The zero-order valence-corrected chi connectivity index (χ0v) is 16.4. The van der Waals surface area contributed by atoms with Crippen LogP contribution < -0.4 is 0 Å². The SMILES string of the molecule is Cc1[nH]cnc1CN1CCc2c(-c3ccccc3)c3ccccc3n2C1=O.Cl. The lowest BCUT2D eigenvalue weighted by Crippen LogP contribution is -2.41. The number of amides is 1. The first-order valence-electron chi connectivity index (χ1n) is 9.20. The number of carbonyl (C=O) groups is 1. The van der Waals surface area contributed by atoms with E-state index in [1.165, 1.54) is 5.56 Å². The monoisotopic (exact) mass is 392 g/mol. The molecule has 2 aromatic carbocycles. The number of H-pyrrole nitrogens is 1. The highest BCUT2D eigenvalue weighted by Gasteiger charge is 2.30. The third-order valence-electron chi connectivity index (χ3n) is 5.39. The van der Waals surface area contributed by atoms with Crippen molar-refractivity contribution in [3.05, 3.63) is 78.0 Å². The van der Waals surface area contributed by atoms with Gasteiger partial charge in [-0.15, -0.1) is 12.4 Å². The Bertz CT molecular complexity index is 1150. The maximum Gasteiger partial charge on any atom is 0.329 e. The number of imidazole rings is 1. The molecule has 1 amide bonds. The summed E-state index contributed by atoms with van der Waals surface area (Å²) in [6.07, 6.45) is 2.51. The van der Waals surface area contributed by atoms with Crippen molar-refractivity contribution in [2.24, 2.45) is 0 Å². The van der Waals surface area contributed by atoms with Crippen LogP contribution in [0, 0.1) is 6.92 Å². The van der Waals surface area contributed by atoms with Crippen LogP contribution >= 0.6 is 12.4 Å². The number of carbonyl (C=O) groups excluding carboxylic acids is 1. The molecule has 3 heterocycles. The molecule has 0 saturated heterocycles. The molecular weight excluding hydrogens is 372 g/mol. The Morgan fingerprint density at radius 2 is 1.82 bits per heavy atom. The predicted molar refractivity (Wildman–Crippen MR) is 113 cm³/mol.